The van der Waals surface area contributed by atoms with Gasteiger partial charge in [0.2, 0.25) is 12.7 Å². The Bertz CT molecular complexity index is 676. The Balaban J connectivity index is 1.56. The van der Waals surface area contributed by atoms with Gasteiger partial charge in [-0.15, -0.1) is 0 Å². The van der Waals surface area contributed by atoms with E-state index in [1.165, 1.54) is 0 Å². The van der Waals surface area contributed by atoms with Crippen molar-refractivity contribution in [1.82, 2.24) is 0 Å². The lowest BCUT2D eigenvalue weighted by atomic mass is 10.2. The van der Waals surface area contributed by atoms with E-state index in [1.807, 2.05) is 6.07 Å². The highest BCUT2D eigenvalue weighted by atomic mass is 35.5. The molecule has 1 aliphatic rings. The van der Waals surface area contributed by atoms with E-state index in [-0.39, 0.29) is 19.2 Å². The van der Waals surface area contributed by atoms with Gasteiger partial charge in [-0.25, -0.2) is 0 Å². The monoisotopic (exact) mass is 304 g/mol. The summed E-state index contributed by atoms with van der Waals surface area (Å²) in [6.07, 6.45) is 0. The van der Waals surface area contributed by atoms with E-state index in [2.05, 4.69) is 10.6 Å². The molecule has 2 aromatic rings. The topological polar surface area (TPSA) is 59.6 Å². The predicted molar refractivity (Wildman–Crippen MR) is 81.1 cm³/mol. The van der Waals surface area contributed by atoms with Crippen molar-refractivity contribution in [2.24, 2.45) is 0 Å². The minimum Gasteiger partial charge on any atom is -0.454 e. The summed E-state index contributed by atoms with van der Waals surface area (Å²) in [5, 5.41) is 6.37. The van der Waals surface area contributed by atoms with Gasteiger partial charge in [-0.05, 0) is 30.3 Å². The summed E-state index contributed by atoms with van der Waals surface area (Å²) in [7, 11) is 0. The Morgan fingerprint density at radius 3 is 2.81 bits per heavy atom. The average Bonchev–Trinajstić information content (AvgIpc) is 2.92. The van der Waals surface area contributed by atoms with E-state index < -0.39 is 0 Å². The fraction of sp³-hybridized carbons (Fsp3) is 0.133. The van der Waals surface area contributed by atoms with Gasteiger partial charge in [-0.3, -0.25) is 4.79 Å². The standard InChI is InChI=1S/C15H13ClN2O3/c16-10-2-1-3-12(6-10)18-15(19)8-17-11-4-5-13-14(7-11)21-9-20-13/h1-7,17H,8-9H2,(H,18,19). The first kappa shape index (κ1) is 13.6. The normalized spacial score (nSPS) is 12.0. The SMILES string of the molecule is O=C(CNc1ccc2c(c1)OCO2)Nc1cccc(Cl)c1. The van der Waals surface area contributed by atoms with Crippen LogP contribution in [-0.2, 0) is 4.79 Å². The van der Waals surface area contributed by atoms with E-state index in [0.717, 1.165) is 5.69 Å². The van der Waals surface area contributed by atoms with Crippen LogP contribution in [0.2, 0.25) is 5.02 Å². The molecular weight excluding hydrogens is 292 g/mol. The van der Waals surface area contributed by atoms with E-state index in [4.69, 9.17) is 21.1 Å². The molecule has 0 saturated carbocycles. The number of fused-ring (bicyclic) bond motifs is 1. The molecule has 0 radical (unpaired) electrons. The lowest BCUT2D eigenvalue weighted by Crippen LogP contribution is -2.21. The second-order valence-electron chi connectivity index (χ2n) is 4.48. The van der Waals surface area contributed by atoms with E-state index in [0.29, 0.717) is 22.2 Å². The smallest absolute Gasteiger partial charge is 0.243 e. The zero-order chi connectivity index (χ0) is 14.7. The van der Waals surface area contributed by atoms with Crippen molar-refractivity contribution in [2.45, 2.75) is 0 Å². The van der Waals surface area contributed by atoms with Crippen LogP contribution < -0.4 is 20.1 Å². The molecule has 0 aromatic heterocycles. The summed E-state index contributed by atoms with van der Waals surface area (Å²) in [5.74, 6) is 1.23. The van der Waals surface area contributed by atoms with Gasteiger partial charge in [-0.2, -0.15) is 0 Å². The Hall–Kier alpha value is -2.40. The third kappa shape index (κ3) is 3.38. The van der Waals surface area contributed by atoms with Gasteiger partial charge in [0.1, 0.15) is 0 Å². The Morgan fingerprint density at radius 1 is 1.10 bits per heavy atom. The largest absolute Gasteiger partial charge is 0.454 e. The van der Waals surface area contributed by atoms with Crippen molar-refractivity contribution in [3.63, 3.8) is 0 Å². The molecule has 108 valence electrons. The van der Waals surface area contributed by atoms with Crippen molar-refractivity contribution in [2.75, 3.05) is 24.0 Å². The van der Waals surface area contributed by atoms with E-state index in [1.54, 1.807) is 36.4 Å². The number of carbonyl (C=O) groups is 1. The Kier molecular flexibility index (Phi) is 3.83. The quantitative estimate of drug-likeness (QED) is 0.911. The molecule has 2 aromatic carbocycles. The van der Waals surface area contributed by atoms with Crippen LogP contribution in [0.5, 0.6) is 11.5 Å². The van der Waals surface area contributed by atoms with Gasteiger partial charge in [-0.1, -0.05) is 17.7 Å². The highest BCUT2D eigenvalue weighted by Gasteiger charge is 2.13. The van der Waals surface area contributed by atoms with Gasteiger partial charge in [0.25, 0.3) is 0 Å². The number of nitrogens with one attached hydrogen (secondary N) is 2. The fourth-order valence-corrected chi connectivity index (χ4v) is 2.15. The molecule has 2 N–H and O–H groups in total. The van der Waals surface area contributed by atoms with Crippen LogP contribution in [-0.4, -0.2) is 19.2 Å². The van der Waals surface area contributed by atoms with Crippen LogP contribution in [0, 0.1) is 0 Å². The molecule has 1 aliphatic heterocycles. The van der Waals surface area contributed by atoms with Crippen LogP contribution in [0.1, 0.15) is 0 Å². The minimum absolute atomic E-state index is 0.145. The number of rotatable bonds is 4. The number of benzene rings is 2. The van der Waals surface area contributed by atoms with Crippen molar-refractivity contribution in [3.05, 3.63) is 47.5 Å². The maximum Gasteiger partial charge on any atom is 0.243 e. The highest BCUT2D eigenvalue weighted by molar-refractivity contribution is 6.30. The van der Waals surface area contributed by atoms with Crippen LogP contribution in [0.25, 0.3) is 0 Å². The second-order valence-corrected chi connectivity index (χ2v) is 4.92. The van der Waals surface area contributed by atoms with Crippen LogP contribution in [0.4, 0.5) is 11.4 Å². The van der Waals surface area contributed by atoms with Gasteiger partial charge < -0.3 is 20.1 Å². The molecule has 0 bridgehead atoms. The lowest BCUT2D eigenvalue weighted by molar-refractivity contribution is -0.114. The summed E-state index contributed by atoms with van der Waals surface area (Å²) in [6, 6.07) is 12.4. The zero-order valence-electron chi connectivity index (χ0n) is 11.1. The summed E-state index contributed by atoms with van der Waals surface area (Å²) in [4.78, 5) is 11.9. The number of hydrogen-bond donors (Lipinski definition) is 2. The predicted octanol–water partition coefficient (Wildman–Crippen LogP) is 3.12. The minimum atomic E-state index is -0.157. The molecule has 0 spiro atoms. The number of anilines is 2. The molecule has 0 fully saturated rings. The van der Waals surface area contributed by atoms with Crippen molar-refractivity contribution < 1.29 is 14.3 Å². The molecule has 0 atom stereocenters. The summed E-state index contributed by atoms with van der Waals surface area (Å²) < 4.78 is 10.5. The molecule has 6 heteroatoms. The maximum absolute atomic E-state index is 11.9. The number of carbonyl (C=O) groups excluding carboxylic acids is 1. The first-order valence-electron chi connectivity index (χ1n) is 6.40. The number of hydrogen-bond acceptors (Lipinski definition) is 4. The molecule has 0 aliphatic carbocycles. The van der Waals surface area contributed by atoms with Gasteiger partial charge >= 0.3 is 0 Å². The van der Waals surface area contributed by atoms with Gasteiger partial charge in [0, 0.05) is 22.5 Å². The van der Waals surface area contributed by atoms with Crippen LogP contribution >= 0.6 is 11.6 Å². The van der Waals surface area contributed by atoms with E-state index in [9.17, 15) is 4.79 Å². The molecule has 1 amide bonds. The van der Waals surface area contributed by atoms with Crippen molar-refractivity contribution >= 4 is 28.9 Å². The first-order chi connectivity index (χ1) is 10.2. The van der Waals surface area contributed by atoms with Crippen LogP contribution in [0.15, 0.2) is 42.5 Å². The Labute approximate surface area is 126 Å². The summed E-state index contributed by atoms with van der Waals surface area (Å²) >= 11 is 5.86. The molecule has 1 heterocycles. The number of amides is 1. The van der Waals surface area contributed by atoms with E-state index >= 15 is 0 Å². The molecular formula is C15H13ClN2O3. The van der Waals surface area contributed by atoms with Crippen LogP contribution in [0.3, 0.4) is 0 Å². The number of halogens is 1. The fourth-order valence-electron chi connectivity index (χ4n) is 1.96. The van der Waals surface area contributed by atoms with Gasteiger partial charge in [0.15, 0.2) is 11.5 Å². The van der Waals surface area contributed by atoms with Gasteiger partial charge in [0.05, 0.1) is 6.54 Å². The highest BCUT2D eigenvalue weighted by Crippen LogP contribution is 2.34. The second kappa shape index (κ2) is 5.93. The lowest BCUT2D eigenvalue weighted by Gasteiger charge is -2.08. The third-order valence-electron chi connectivity index (χ3n) is 2.93. The van der Waals surface area contributed by atoms with Crippen molar-refractivity contribution in [1.29, 1.82) is 0 Å². The maximum atomic E-state index is 11.9. The molecule has 0 unspecified atom stereocenters. The number of ether oxygens (including phenoxy) is 2. The summed E-state index contributed by atoms with van der Waals surface area (Å²) in [5.41, 5.74) is 1.46. The molecule has 5 nitrogen and oxygen atoms in total. The molecule has 0 saturated heterocycles. The molecule has 3 rings (SSSR count). The first-order valence-corrected chi connectivity index (χ1v) is 6.77. The third-order valence-corrected chi connectivity index (χ3v) is 3.17. The molecule has 21 heavy (non-hydrogen) atoms. The van der Waals surface area contributed by atoms with Crippen molar-refractivity contribution in [3.8, 4) is 11.5 Å². The summed E-state index contributed by atoms with van der Waals surface area (Å²) in [6.45, 7) is 0.375. The average molecular weight is 305 g/mol. The zero-order valence-corrected chi connectivity index (χ0v) is 11.8. The Morgan fingerprint density at radius 2 is 1.95 bits per heavy atom.